The summed E-state index contributed by atoms with van der Waals surface area (Å²) in [6.45, 7) is 0. The number of nitrogen functional groups attached to an aromatic ring is 2. The van der Waals surface area contributed by atoms with Crippen LogP contribution in [0.2, 0.25) is 0 Å². The third kappa shape index (κ3) is 3.49. The Kier molecular flexibility index (Phi) is 4.80. The number of hydrogen-bond acceptors (Lipinski definition) is 6. The van der Waals surface area contributed by atoms with E-state index in [0.717, 1.165) is 13.6 Å². The van der Waals surface area contributed by atoms with E-state index < -0.39 is 21.2 Å². The molecule has 0 saturated carbocycles. The summed E-state index contributed by atoms with van der Waals surface area (Å²) in [6, 6.07) is 21.7. The Labute approximate surface area is 203 Å². The predicted octanol–water partition coefficient (Wildman–Crippen LogP) is 1.83. The molecule has 168 valence electrons. The van der Waals surface area contributed by atoms with E-state index in [1.165, 1.54) is 0 Å². The Hall–Kier alpha value is -3.85. The van der Waals surface area contributed by atoms with Gasteiger partial charge in [0.2, 0.25) is 0 Å². The number of fused-ring (bicyclic) bond motifs is 4. The monoisotopic (exact) mass is 561 g/mol. The number of hydrogen-bond donors (Lipinski definition) is 2. The SMILES string of the molecule is Nc1ccc2oc3ccc(C[I-]c4ccc5oc6ccc(N)cc6c(=O)c5c4)cc3c(=O)c2c1. The molecule has 4 aromatic carbocycles. The van der Waals surface area contributed by atoms with Crippen molar-refractivity contribution in [1.29, 1.82) is 0 Å². The van der Waals surface area contributed by atoms with Crippen molar-refractivity contribution in [2.45, 2.75) is 4.43 Å². The third-order valence-electron chi connectivity index (χ3n) is 5.79. The van der Waals surface area contributed by atoms with Gasteiger partial charge in [-0.2, -0.15) is 0 Å². The molecule has 2 aromatic heterocycles. The summed E-state index contributed by atoms with van der Waals surface area (Å²) in [5.74, 6) is 0. The van der Waals surface area contributed by atoms with Crippen LogP contribution < -0.4 is 43.5 Å². The molecule has 0 radical (unpaired) electrons. The van der Waals surface area contributed by atoms with E-state index in [2.05, 4.69) is 0 Å². The normalized spacial score (nSPS) is 11.8. The molecule has 0 fully saturated rings. The van der Waals surface area contributed by atoms with E-state index in [4.69, 9.17) is 20.3 Å². The van der Waals surface area contributed by atoms with Crippen molar-refractivity contribution in [3.63, 3.8) is 0 Å². The van der Waals surface area contributed by atoms with Crippen LogP contribution >= 0.6 is 0 Å². The summed E-state index contributed by atoms with van der Waals surface area (Å²) in [5, 5.41) is 2.06. The van der Waals surface area contributed by atoms with E-state index in [1.54, 1.807) is 36.4 Å². The zero-order chi connectivity index (χ0) is 23.4. The van der Waals surface area contributed by atoms with Crippen LogP contribution in [0.4, 0.5) is 11.4 Å². The van der Waals surface area contributed by atoms with Crippen LogP contribution in [0.5, 0.6) is 0 Å². The van der Waals surface area contributed by atoms with Crippen molar-refractivity contribution in [3.8, 4) is 0 Å². The Morgan fingerprint density at radius 3 is 1.65 bits per heavy atom. The molecule has 0 amide bonds. The number of nitrogens with two attached hydrogens (primary N) is 2. The van der Waals surface area contributed by atoms with Gasteiger partial charge in [-0.25, -0.2) is 0 Å². The first-order chi connectivity index (χ1) is 16.5. The summed E-state index contributed by atoms with van der Waals surface area (Å²) in [6.07, 6.45) is 0. The fourth-order valence-electron chi connectivity index (χ4n) is 4.09. The number of alkyl halides is 1. The number of halogens is 1. The molecule has 0 atom stereocenters. The quantitative estimate of drug-likeness (QED) is 0.148. The first-order valence-corrected chi connectivity index (χ1v) is 13.2. The Morgan fingerprint density at radius 1 is 0.588 bits per heavy atom. The molecule has 0 saturated heterocycles. The van der Waals surface area contributed by atoms with Crippen molar-refractivity contribution in [1.82, 2.24) is 0 Å². The Morgan fingerprint density at radius 2 is 1.06 bits per heavy atom. The minimum absolute atomic E-state index is 0.0797. The zero-order valence-electron chi connectivity index (χ0n) is 17.8. The Bertz CT molecular complexity index is 1750. The summed E-state index contributed by atoms with van der Waals surface area (Å²) >= 11 is -0.455. The van der Waals surface area contributed by atoms with Crippen molar-refractivity contribution in [3.05, 3.63) is 102 Å². The van der Waals surface area contributed by atoms with Crippen LogP contribution in [0.1, 0.15) is 5.56 Å². The van der Waals surface area contributed by atoms with Gasteiger partial charge in [0.1, 0.15) is 0 Å². The molecule has 0 aliphatic heterocycles. The van der Waals surface area contributed by atoms with Gasteiger partial charge in [-0.05, 0) is 0 Å². The van der Waals surface area contributed by atoms with Gasteiger partial charge in [0, 0.05) is 0 Å². The molecule has 2 heterocycles. The number of rotatable bonds is 3. The first-order valence-electron chi connectivity index (χ1n) is 10.6. The van der Waals surface area contributed by atoms with Gasteiger partial charge in [-0.3, -0.25) is 0 Å². The average Bonchev–Trinajstić information content (AvgIpc) is 2.84. The number of benzene rings is 4. The van der Waals surface area contributed by atoms with Gasteiger partial charge in [0.25, 0.3) is 0 Å². The summed E-state index contributed by atoms with van der Waals surface area (Å²) in [5.41, 5.74) is 15.8. The van der Waals surface area contributed by atoms with Gasteiger partial charge in [-0.15, -0.1) is 0 Å². The minimum atomic E-state index is -0.455. The van der Waals surface area contributed by atoms with Gasteiger partial charge in [0.05, 0.1) is 0 Å². The maximum atomic E-state index is 13.0. The molecular formula is C27H18IN2O4-. The average molecular weight is 561 g/mol. The maximum absolute atomic E-state index is 13.0. The van der Waals surface area contributed by atoms with Crippen LogP contribution in [0.25, 0.3) is 43.9 Å². The van der Waals surface area contributed by atoms with Crippen LogP contribution in [0, 0.1) is 3.57 Å². The summed E-state index contributed by atoms with van der Waals surface area (Å²) in [7, 11) is 0. The fourth-order valence-corrected chi connectivity index (χ4v) is 6.41. The standard InChI is InChI=1S/C27H18IN2O4/c29-16-3-7-24-20(11-16)26(31)18-9-14(1-5-22(18)33-24)13-28-15-2-6-23-19(10-15)27(32)21-12-17(30)4-8-25(21)34-23/h1-12H,13,29-30H2/q-1. The van der Waals surface area contributed by atoms with E-state index in [9.17, 15) is 9.59 Å². The molecular weight excluding hydrogens is 543 g/mol. The molecule has 0 unspecified atom stereocenters. The van der Waals surface area contributed by atoms with Crippen LogP contribution in [-0.4, -0.2) is 0 Å². The van der Waals surface area contributed by atoms with Crippen LogP contribution in [0.3, 0.4) is 0 Å². The molecule has 6 rings (SSSR count). The van der Waals surface area contributed by atoms with Gasteiger partial charge in [0.15, 0.2) is 0 Å². The number of anilines is 2. The molecule has 4 N–H and O–H groups in total. The van der Waals surface area contributed by atoms with Crippen LogP contribution in [0.15, 0.2) is 91.2 Å². The van der Waals surface area contributed by atoms with Gasteiger partial charge < -0.3 is 0 Å². The third-order valence-corrected chi connectivity index (χ3v) is 8.60. The van der Waals surface area contributed by atoms with Gasteiger partial charge >= 0.3 is 204 Å². The second-order valence-electron chi connectivity index (χ2n) is 8.11. The predicted molar refractivity (Wildman–Crippen MR) is 131 cm³/mol. The van der Waals surface area contributed by atoms with Gasteiger partial charge in [-0.1, -0.05) is 0 Å². The van der Waals surface area contributed by atoms with Crippen molar-refractivity contribution >= 4 is 55.3 Å². The molecule has 0 aliphatic rings. The van der Waals surface area contributed by atoms with Crippen molar-refractivity contribution in [2.24, 2.45) is 0 Å². The topological polar surface area (TPSA) is 112 Å². The second kappa shape index (κ2) is 7.88. The zero-order valence-corrected chi connectivity index (χ0v) is 20.0. The molecule has 6 nitrogen and oxygen atoms in total. The van der Waals surface area contributed by atoms with E-state index in [1.807, 2.05) is 36.4 Å². The van der Waals surface area contributed by atoms with E-state index >= 15 is 0 Å². The first kappa shape index (κ1) is 20.7. The molecule has 0 aliphatic carbocycles. The molecule has 7 heteroatoms. The van der Waals surface area contributed by atoms with Crippen molar-refractivity contribution < 1.29 is 30.0 Å². The molecule has 0 spiro atoms. The van der Waals surface area contributed by atoms with Crippen molar-refractivity contribution in [2.75, 3.05) is 11.5 Å². The molecule has 34 heavy (non-hydrogen) atoms. The van der Waals surface area contributed by atoms with Crippen LogP contribution in [-0.2, 0) is 4.43 Å². The summed E-state index contributed by atoms with van der Waals surface area (Å²) < 4.78 is 13.7. The summed E-state index contributed by atoms with van der Waals surface area (Å²) in [4.78, 5) is 26.0. The van der Waals surface area contributed by atoms with E-state index in [0.29, 0.717) is 55.3 Å². The molecule has 0 bridgehead atoms. The van der Waals surface area contributed by atoms with E-state index in [-0.39, 0.29) is 10.9 Å². The second-order valence-corrected chi connectivity index (χ2v) is 10.9. The Balaban J connectivity index is 1.35. The molecule has 6 aromatic rings. The fraction of sp³-hybridized carbons (Fsp3) is 0.0370.